The Morgan fingerprint density at radius 2 is 2.00 bits per heavy atom. The molecule has 0 saturated heterocycles. The number of oxime groups is 1. The highest BCUT2D eigenvalue weighted by Gasteiger charge is 2.04. The zero-order chi connectivity index (χ0) is 15.1. The summed E-state index contributed by atoms with van der Waals surface area (Å²) in [6.07, 6.45) is 0.855. The van der Waals surface area contributed by atoms with Crippen LogP contribution in [0.25, 0.3) is 0 Å². The molecule has 6 heteroatoms. The maximum absolute atomic E-state index is 8.64. The Kier molecular flexibility index (Phi) is 5.11. The Labute approximate surface area is 122 Å². The molecule has 110 valence electrons. The minimum atomic E-state index is -0.0598. The molecule has 0 bridgehead atoms. The second-order valence-corrected chi connectivity index (χ2v) is 4.34. The first-order valence-corrected chi connectivity index (χ1v) is 6.43. The van der Waals surface area contributed by atoms with Gasteiger partial charge in [-0.05, 0) is 30.2 Å². The van der Waals surface area contributed by atoms with E-state index in [2.05, 4.69) is 10.1 Å². The molecule has 0 amide bonds. The minimum absolute atomic E-state index is 0.0598. The quantitative estimate of drug-likeness (QED) is 0.368. The van der Waals surface area contributed by atoms with Crippen LogP contribution in [0.15, 0.2) is 47.6 Å². The lowest BCUT2D eigenvalue weighted by molar-refractivity contribution is 0.202. The molecule has 3 N–H and O–H groups in total. The molecule has 0 saturated carbocycles. The van der Waals surface area contributed by atoms with E-state index in [9.17, 15) is 0 Å². The number of benzene rings is 1. The van der Waals surface area contributed by atoms with Gasteiger partial charge in [0, 0.05) is 13.2 Å². The lowest BCUT2D eigenvalue weighted by Gasteiger charge is -2.07. The SMILES string of the molecule is COCCc1ccc(Oc2cccc(C(N)=NO)n2)cc1. The maximum Gasteiger partial charge on any atom is 0.219 e. The van der Waals surface area contributed by atoms with E-state index in [1.54, 1.807) is 25.3 Å². The number of nitrogens with two attached hydrogens (primary N) is 1. The number of pyridine rings is 1. The maximum atomic E-state index is 8.64. The summed E-state index contributed by atoms with van der Waals surface area (Å²) in [5.41, 5.74) is 7.02. The zero-order valence-corrected chi connectivity index (χ0v) is 11.7. The molecule has 0 atom stereocenters. The van der Waals surface area contributed by atoms with Crippen LogP contribution in [0.1, 0.15) is 11.3 Å². The van der Waals surface area contributed by atoms with E-state index in [1.165, 1.54) is 5.56 Å². The number of amidine groups is 1. The molecule has 0 aliphatic heterocycles. The van der Waals surface area contributed by atoms with Gasteiger partial charge >= 0.3 is 0 Å². The number of rotatable bonds is 6. The average Bonchev–Trinajstić information content (AvgIpc) is 2.53. The Hall–Kier alpha value is -2.60. The minimum Gasteiger partial charge on any atom is -0.439 e. The molecule has 0 aliphatic rings. The van der Waals surface area contributed by atoms with Crippen molar-refractivity contribution >= 4 is 5.84 Å². The molecule has 0 radical (unpaired) electrons. The fraction of sp³-hybridized carbons (Fsp3) is 0.200. The van der Waals surface area contributed by atoms with E-state index in [1.807, 2.05) is 24.3 Å². The lowest BCUT2D eigenvalue weighted by atomic mass is 10.1. The van der Waals surface area contributed by atoms with Gasteiger partial charge in [0.1, 0.15) is 11.4 Å². The third-order valence-electron chi connectivity index (χ3n) is 2.83. The first-order chi connectivity index (χ1) is 10.2. The predicted molar refractivity (Wildman–Crippen MR) is 78.8 cm³/mol. The van der Waals surface area contributed by atoms with Crippen molar-refractivity contribution in [1.82, 2.24) is 4.98 Å². The molecule has 21 heavy (non-hydrogen) atoms. The summed E-state index contributed by atoms with van der Waals surface area (Å²) in [5.74, 6) is 0.986. The molecular weight excluding hydrogens is 270 g/mol. The van der Waals surface area contributed by atoms with Crippen LogP contribution in [0.5, 0.6) is 11.6 Å². The van der Waals surface area contributed by atoms with Crippen molar-refractivity contribution in [2.45, 2.75) is 6.42 Å². The topological polar surface area (TPSA) is 90.0 Å². The molecule has 0 spiro atoms. The van der Waals surface area contributed by atoms with E-state index < -0.39 is 0 Å². The highest BCUT2D eigenvalue weighted by atomic mass is 16.5. The van der Waals surface area contributed by atoms with Crippen LogP contribution in [-0.2, 0) is 11.2 Å². The standard InChI is InChI=1S/C15H17N3O3/c1-20-10-9-11-5-7-12(8-6-11)21-14-4-2-3-13(17-14)15(16)18-19/h2-8,19H,9-10H2,1H3,(H2,16,18). The van der Waals surface area contributed by atoms with Gasteiger partial charge in [-0.25, -0.2) is 4.98 Å². The molecule has 0 aliphatic carbocycles. The third kappa shape index (κ3) is 4.19. The van der Waals surface area contributed by atoms with Crippen LogP contribution in [0, 0.1) is 0 Å². The summed E-state index contributed by atoms with van der Waals surface area (Å²) in [4.78, 5) is 4.15. The Morgan fingerprint density at radius 3 is 2.67 bits per heavy atom. The van der Waals surface area contributed by atoms with Crippen LogP contribution >= 0.6 is 0 Å². The molecule has 0 unspecified atom stereocenters. The van der Waals surface area contributed by atoms with Crippen LogP contribution in [0.2, 0.25) is 0 Å². The molecular formula is C15H17N3O3. The highest BCUT2D eigenvalue weighted by molar-refractivity contribution is 5.95. The predicted octanol–water partition coefficient (Wildman–Crippen LogP) is 2.16. The average molecular weight is 287 g/mol. The second-order valence-electron chi connectivity index (χ2n) is 4.34. The van der Waals surface area contributed by atoms with Gasteiger partial charge in [0.15, 0.2) is 5.84 Å². The summed E-state index contributed by atoms with van der Waals surface area (Å²) in [6.45, 7) is 0.684. The molecule has 1 heterocycles. The van der Waals surface area contributed by atoms with Gasteiger partial charge < -0.3 is 20.4 Å². The van der Waals surface area contributed by atoms with Gasteiger partial charge in [0.05, 0.1) is 6.61 Å². The fourth-order valence-electron chi connectivity index (χ4n) is 1.73. The van der Waals surface area contributed by atoms with Crippen LogP contribution in [0.4, 0.5) is 0 Å². The third-order valence-corrected chi connectivity index (χ3v) is 2.83. The zero-order valence-electron chi connectivity index (χ0n) is 11.7. The van der Waals surface area contributed by atoms with Gasteiger partial charge in [0.2, 0.25) is 5.88 Å². The Morgan fingerprint density at radius 1 is 1.24 bits per heavy atom. The highest BCUT2D eigenvalue weighted by Crippen LogP contribution is 2.20. The van der Waals surface area contributed by atoms with Crippen LogP contribution in [-0.4, -0.2) is 29.7 Å². The van der Waals surface area contributed by atoms with Crippen LogP contribution in [0.3, 0.4) is 0 Å². The molecule has 2 rings (SSSR count). The van der Waals surface area contributed by atoms with E-state index in [0.29, 0.717) is 23.9 Å². The number of hydrogen-bond acceptors (Lipinski definition) is 5. The van der Waals surface area contributed by atoms with Gasteiger partial charge in [-0.2, -0.15) is 0 Å². The summed E-state index contributed by atoms with van der Waals surface area (Å²) in [7, 11) is 1.68. The number of aromatic nitrogens is 1. The van der Waals surface area contributed by atoms with Gasteiger partial charge in [-0.1, -0.05) is 23.4 Å². The summed E-state index contributed by atoms with van der Waals surface area (Å²) >= 11 is 0. The lowest BCUT2D eigenvalue weighted by Crippen LogP contribution is -2.14. The fourth-order valence-corrected chi connectivity index (χ4v) is 1.73. The van der Waals surface area contributed by atoms with Crippen molar-refractivity contribution < 1.29 is 14.7 Å². The van der Waals surface area contributed by atoms with E-state index in [0.717, 1.165) is 6.42 Å². The van der Waals surface area contributed by atoms with Crippen molar-refractivity contribution in [3.05, 3.63) is 53.7 Å². The summed E-state index contributed by atoms with van der Waals surface area (Å²) in [5, 5.41) is 11.6. The van der Waals surface area contributed by atoms with Crippen molar-refractivity contribution in [3.8, 4) is 11.6 Å². The first-order valence-electron chi connectivity index (χ1n) is 6.43. The Bertz CT molecular complexity index is 612. The van der Waals surface area contributed by atoms with Crippen molar-refractivity contribution in [2.24, 2.45) is 10.9 Å². The van der Waals surface area contributed by atoms with E-state index in [4.69, 9.17) is 20.4 Å². The Balaban J connectivity index is 2.07. The monoisotopic (exact) mass is 287 g/mol. The van der Waals surface area contributed by atoms with Crippen molar-refractivity contribution in [3.63, 3.8) is 0 Å². The molecule has 1 aromatic carbocycles. The van der Waals surface area contributed by atoms with Gasteiger partial charge in [0.25, 0.3) is 0 Å². The summed E-state index contributed by atoms with van der Waals surface area (Å²) in [6, 6.07) is 12.7. The van der Waals surface area contributed by atoms with Crippen molar-refractivity contribution in [2.75, 3.05) is 13.7 Å². The largest absolute Gasteiger partial charge is 0.439 e. The van der Waals surface area contributed by atoms with Gasteiger partial charge in [-0.15, -0.1) is 0 Å². The number of nitrogens with zero attached hydrogens (tertiary/aromatic N) is 2. The molecule has 1 aromatic heterocycles. The number of methoxy groups -OCH3 is 1. The molecule has 2 aromatic rings. The van der Waals surface area contributed by atoms with Crippen molar-refractivity contribution in [1.29, 1.82) is 0 Å². The van der Waals surface area contributed by atoms with E-state index >= 15 is 0 Å². The smallest absolute Gasteiger partial charge is 0.219 e. The van der Waals surface area contributed by atoms with Crippen LogP contribution < -0.4 is 10.5 Å². The summed E-state index contributed by atoms with van der Waals surface area (Å²) < 4.78 is 10.7. The number of hydrogen-bond donors (Lipinski definition) is 2. The normalized spacial score (nSPS) is 11.4. The molecule has 6 nitrogen and oxygen atoms in total. The first kappa shape index (κ1) is 14.8. The van der Waals surface area contributed by atoms with E-state index in [-0.39, 0.29) is 5.84 Å². The molecule has 0 fully saturated rings. The van der Waals surface area contributed by atoms with Gasteiger partial charge in [-0.3, -0.25) is 0 Å². The second kappa shape index (κ2) is 7.25. The number of ether oxygens (including phenoxy) is 2.